The van der Waals surface area contributed by atoms with Crippen molar-refractivity contribution >= 4 is 23.5 Å². The van der Waals surface area contributed by atoms with Crippen LogP contribution >= 0.6 is 0 Å². The Balaban J connectivity index is 2.22. The Morgan fingerprint density at radius 3 is 2.74 bits per heavy atom. The number of anilines is 1. The maximum atomic E-state index is 12.1. The second kappa shape index (κ2) is 7.06. The van der Waals surface area contributed by atoms with Crippen LogP contribution < -0.4 is 5.32 Å². The number of rotatable bonds is 6. The average molecular weight is 318 g/mol. The van der Waals surface area contributed by atoms with Gasteiger partial charge in [0.1, 0.15) is 5.70 Å². The summed E-state index contributed by atoms with van der Waals surface area (Å²) < 4.78 is 4.94. The molecule has 0 saturated carbocycles. The second-order valence-corrected chi connectivity index (χ2v) is 4.95. The molecule has 0 saturated heterocycles. The van der Waals surface area contributed by atoms with Crippen molar-refractivity contribution in [2.45, 2.75) is 13.8 Å². The minimum atomic E-state index is -0.509. The van der Waals surface area contributed by atoms with E-state index < -0.39 is 17.8 Å². The molecular formula is C16H18N2O5. The minimum absolute atomic E-state index is 0.0544. The van der Waals surface area contributed by atoms with E-state index in [9.17, 15) is 14.4 Å². The van der Waals surface area contributed by atoms with E-state index in [0.717, 1.165) is 10.5 Å². The van der Waals surface area contributed by atoms with Gasteiger partial charge in [0.2, 0.25) is 0 Å². The number of aliphatic hydroxyl groups excluding tert-OH is 1. The first-order valence-electron chi connectivity index (χ1n) is 7.21. The van der Waals surface area contributed by atoms with Crippen LogP contribution in [0.4, 0.5) is 5.69 Å². The van der Waals surface area contributed by atoms with E-state index in [1.54, 1.807) is 25.1 Å². The van der Waals surface area contributed by atoms with Gasteiger partial charge in [0, 0.05) is 11.8 Å². The second-order valence-electron chi connectivity index (χ2n) is 4.95. The highest BCUT2D eigenvalue weighted by Crippen LogP contribution is 2.22. The van der Waals surface area contributed by atoms with Crippen LogP contribution in [0.25, 0.3) is 0 Å². The van der Waals surface area contributed by atoms with Gasteiger partial charge in [-0.25, -0.2) is 4.79 Å². The van der Waals surface area contributed by atoms with Crippen molar-refractivity contribution in [2.75, 3.05) is 25.1 Å². The number of β-amino-alcohol motifs (C(OH)–C–C–N with tert-alkyl or cyclic N) is 1. The molecule has 1 aliphatic heterocycles. The number of aliphatic hydroxyl groups is 1. The quantitative estimate of drug-likeness (QED) is 0.596. The third-order valence-corrected chi connectivity index (χ3v) is 3.35. The van der Waals surface area contributed by atoms with E-state index in [1.165, 1.54) is 6.08 Å². The van der Waals surface area contributed by atoms with Gasteiger partial charge in [0.25, 0.3) is 11.8 Å². The lowest BCUT2D eigenvalue weighted by atomic mass is 10.1. The summed E-state index contributed by atoms with van der Waals surface area (Å²) >= 11 is 0. The maximum absolute atomic E-state index is 12.1. The number of nitrogens with one attached hydrogen (secondary N) is 1. The predicted molar refractivity (Wildman–Crippen MR) is 82.6 cm³/mol. The van der Waals surface area contributed by atoms with Gasteiger partial charge in [-0.15, -0.1) is 0 Å². The number of nitrogens with zero attached hydrogens (tertiary/aromatic N) is 1. The third kappa shape index (κ3) is 3.57. The Morgan fingerprint density at radius 1 is 1.35 bits per heavy atom. The molecule has 0 spiro atoms. The molecule has 1 aromatic rings. The van der Waals surface area contributed by atoms with Crippen LogP contribution in [-0.4, -0.2) is 47.5 Å². The number of hydrogen-bond acceptors (Lipinski definition) is 6. The summed E-state index contributed by atoms with van der Waals surface area (Å²) in [5.74, 6) is -1.45. The van der Waals surface area contributed by atoms with E-state index >= 15 is 0 Å². The molecule has 0 fully saturated rings. The Kier molecular flexibility index (Phi) is 5.13. The molecule has 1 aromatic carbocycles. The van der Waals surface area contributed by atoms with Crippen molar-refractivity contribution in [3.8, 4) is 0 Å². The zero-order valence-electron chi connectivity index (χ0n) is 13.0. The molecule has 122 valence electrons. The van der Waals surface area contributed by atoms with Gasteiger partial charge >= 0.3 is 5.97 Å². The first-order chi connectivity index (χ1) is 11.0. The molecule has 0 unspecified atom stereocenters. The maximum Gasteiger partial charge on any atom is 0.338 e. The van der Waals surface area contributed by atoms with Crippen molar-refractivity contribution in [1.29, 1.82) is 0 Å². The number of ether oxygens (including phenoxy) is 1. The van der Waals surface area contributed by atoms with Crippen LogP contribution in [-0.2, 0) is 14.3 Å². The summed E-state index contributed by atoms with van der Waals surface area (Å²) in [4.78, 5) is 36.6. The third-order valence-electron chi connectivity index (χ3n) is 3.35. The first-order valence-corrected chi connectivity index (χ1v) is 7.21. The van der Waals surface area contributed by atoms with Crippen molar-refractivity contribution in [1.82, 2.24) is 4.90 Å². The molecule has 2 amide bonds. The monoisotopic (exact) mass is 318 g/mol. The van der Waals surface area contributed by atoms with Crippen LogP contribution in [0.1, 0.15) is 22.8 Å². The van der Waals surface area contributed by atoms with E-state index in [0.29, 0.717) is 11.3 Å². The number of hydrogen-bond donors (Lipinski definition) is 2. The van der Waals surface area contributed by atoms with Gasteiger partial charge in [0.05, 0.1) is 25.3 Å². The van der Waals surface area contributed by atoms with Gasteiger partial charge < -0.3 is 15.2 Å². The predicted octanol–water partition coefficient (Wildman–Crippen LogP) is 0.829. The number of esters is 1. The fraction of sp³-hybridized carbons (Fsp3) is 0.312. The molecule has 0 radical (unpaired) electrons. The standard InChI is InChI=1S/C16H18N2O5/c1-3-23-16(22)11-5-4-10(2)12(8-11)17-13-9-14(20)18(6-7-19)15(13)21/h4-5,8-9,17,19H,3,6-7H2,1-2H3. The molecule has 2 N–H and O–H groups in total. The summed E-state index contributed by atoms with van der Waals surface area (Å²) in [6.45, 7) is 3.44. The van der Waals surface area contributed by atoms with E-state index in [1.807, 2.05) is 6.92 Å². The highest BCUT2D eigenvalue weighted by molar-refractivity contribution is 6.17. The van der Waals surface area contributed by atoms with Crippen molar-refractivity contribution in [2.24, 2.45) is 0 Å². The number of imide groups is 1. The molecule has 7 heteroatoms. The minimum Gasteiger partial charge on any atom is -0.462 e. The van der Waals surface area contributed by atoms with Gasteiger partial charge in [-0.2, -0.15) is 0 Å². The molecule has 0 atom stereocenters. The molecule has 1 aliphatic rings. The van der Waals surface area contributed by atoms with Crippen molar-refractivity contribution < 1.29 is 24.2 Å². The van der Waals surface area contributed by atoms with Crippen molar-refractivity contribution in [3.05, 3.63) is 41.1 Å². The largest absolute Gasteiger partial charge is 0.462 e. The van der Waals surface area contributed by atoms with Gasteiger partial charge in [-0.1, -0.05) is 6.07 Å². The van der Waals surface area contributed by atoms with Gasteiger partial charge in [-0.3, -0.25) is 14.5 Å². The number of benzene rings is 1. The van der Waals surface area contributed by atoms with E-state index in [-0.39, 0.29) is 25.5 Å². The Bertz CT molecular complexity index is 681. The molecule has 23 heavy (non-hydrogen) atoms. The fourth-order valence-electron chi connectivity index (χ4n) is 2.15. The number of carbonyl (C=O) groups is 3. The first kappa shape index (κ1) is 16.7. The normalized spacial score (nSPS) is 14.0. The van der Waals surface area contributed by atoms with Crippen LogP contribution in [0.5, 0.6) is 0 Å². The van der Waals surface area contributed by atoms with Crippen LogP contribution in [0.3, 0.4) is 0 Å². The van der Waals surface area contributed by atoms with Crippen molar-refractivity contribution in [3.63, 3.8) is 0 Å². The van der Waals surface area contributed by atoms with Gasteiger partial charge in [0.15, 0.2) is 0 Å². The number of carbonyl (C=O) groups excluding carboxylic acids is 3. The lowest BCUT2D eigenvalue weighted by molar-refractivity contribution is -0.137. The highest BCUT2D eigenvalue weighted by atomic mass is 16.5. The Morgan fingerprint density at radius 2 is 2.09 bits per heavy atom. The van der Waals surface area contributed by atoms with Crippen LogP contribution in [0.2, 0.25) is 0 Å². The van der Waals surface area contributed by atoms with Crippen LogP contribution in [0, 0.1) is 6.92 Å². The molecule has 7 nitrogen and oxygen atoms in total. The topological polar surface area (TPSA) is 95.9 Å². The molecule has 2 rings (SSSR count). The number of amides is 2. The zero-order valence-corrected chi connectivity index (χ0v) is 13.0. The summed E-state index contributed by atoms with van der Waals surface area (Å²) in [5.41, 5.74) is 1.80. The fourth-order valence-corrected chi connectivity index (χ4v) is 2.15. The van der Waals surface area contributed by atoms with Gasteiger partial charge in [-0.05, 0) is 31.5 Å². The van der Waals surface area contributed by atoms with E-state index in [4.69, 9.17) is 9.84 Å². The molecule has 0 aromatic heterocycles. The Labute approximate surface area is 133 Å². The summed E-state index contributed by atoms with van der Waals surface area (Å²) in [6.07, 6.45) is 1.18. The lowest BCUT2D eigenvalue weighted by Crippen LogP contribution is -2.34. The van der Waals surface area contributed by atoms with Crippen LogP contribution in [0.15, 0.2) is 30.0 Å². The summed E-state index contributed by atoms with van der Waals surface area (Å²) in [5, 5.41) is 11.8. The number of aryl methyl sites for hydroxylation is 1. The summed E-state index contributed by atoms with van der Waals surface area (Å²) in [7, 11) is 0. The average Bonchev–Trinajstić information content (AvgIpc) is 2.77. The lowest BCUT2D eigenvalue weighted by Gasteiger charge is -2.14. The van der Waals surface area contributed by atoms with E-state index in [2.05, 4.69) is 5.32 Å². The Hall–Kier alpha value is -2.67. The smallest absolute Gasteiger partial charge is 0.338 e. The molecular weight excluding hydrogens is 300 g/mol. The zero-order chi connectivity index (χ0) is 17.0. The molecule has 0 bridgehead atoms. The summed E-state index contributed by atoms with van der Waals surface area (Å²) in [6, 6.07) is 4.93. The highest BCUT2D eigenvalue weighted by Gasteiger charge is 2.30. The SMILES string of the molecule is CCOC(=O)c1ccc(C)c(NC2=CC(=O)N(CCO)C2=O)c1. The molecule has 0 aliphatic carbocycles. The molecule has 1 heterocycles.